The molecule has 0 saturated heterocycles. The Kier molecular flexibility index (Phi) is 2.66. The van der Waals surface area contributed by atoms with Gasteiger partial charge in [-0.05, 0) is 20.3 Å². The van der Waals surface area contributed by atoms with Gasteiger partial charge in [-0.3, -0.25) is 14.5 Å². The largest absolute Gasteiger partial charge is 0.272 e. The third-order valence-corrected chi connectivity index (χ3v) is 2.08. The molecule has 0 spiro atoms. The molecule has 1 aliphatic rings. The summed E-state index contributed by atoms with van der Waals surface area (Å²) in [6, 6.07) is -0.0915. The van der Waals surface area contributed by atoms with Gasteiger partial charge in [-0.2, -0.15) is 0 Å². The summed E-state index contributed by atoms with van der Waals surface area (Å²) < 4.78 is 0. The molecule has 0 aromatic heterocycles. The third kappa shape index (κ3) is 1.69. The number of nitrogens with zero attached hydrogens (tertiary/aromatic N) is 1. The van der Waals surface area contributed by atoms with Crippen molar-refractivity contribution >= 4 is 11.8 Å². The van der Waals surface area contributed by atoms with Crippen molar-refractivity contribution in [2.24, 2.45) is 0 Å². The Hall–Kier alpha value is -1.38. The highest BCUT2D eigenvalue weighted by Gasteiger charge is 2.31. The Bertz CT molecular complexity index is 291. The van der Waals surface area contributed by atoms with E-state index < -0.39 is 0 Å². The maximum atomic E-state index is 11.4. The van der Waals surface area contributed by atoms with Crippen LogP contribution < -0.4 is 0 Å². The standard InChI is InChI=1S/C10H13NO2/c1-4-5-8(3)11-9(12)6-7(2)10(11)13/h4,6,8H,1,5H2,2-3H3. The summed E-state index contributed by atoms with van der Waals surface area (Å²) in [6.07, 6.45) is 3.72. The van der Waals surface area contributed by atoms with Crippen LogP contribution >= 0.6 is 0 Å². The molecule has 0 N–H and O–H groups in total. The number of carbonyl (C=O) groups excluding carboxylic acids is 2. The third-order valence-electron chi connectivity index (χ3n) is 2.08. The summed E-state index contributed by atoms with van der Waals surface area (Å²) in [5, 5.41) is 0. The minimum absolute atomic E-state index is 0.0915. The zero-order chi connectivity index (χ0) is 10.0. The molecule has 1 rings (SSSR count). The van der Waals surface area contributed by atoms with E-state index in [0.29, 0.717) is 12.0 Å². The summed E-state index contributed by atoms with van der Waals surface area (Å²) in [6.45, 7) is 7.07. The molecule has 70 valence electrons. The van der Waals surface area contributed by atoms with Crippen LogP contribution in [0.25, 0.3) is 0 Å². The normalized spacial score (nSPS) is 18.9. The predicted octanol–water partition coefficient (Wildman–Crippen LogP) is 1.27. The van der Waals surface area contributed by atoms with E-state index in [-0.39, 0.29) is 17.9 Å². The van der Waals surface area contributed by atoms with Crippen molar-refractivity contribution in [3.63, 3.8) is 0 Å². The van der Waals surface area contributed by atoms with Crippen LogP contribution in [0.15, 0.2) is 24.3 Å². The van der Waals surface area contributed by atoms with Crippen molar-refractivity contribution in [3.05, 3.63) is 24.3 Å². The quantitative estimate of drug-likeness (QED) is 0.483. The average molecular weight is 179 g/mol. The first kappa shape index (κ1) is 9.71. The monoisotopic (exact) mass is 179 g/mol. The summed E-state index contributed by atoms with van der Waals surface area (Å²) in [4.78, 5) is 24.0. The molecule has 0 aromatic carbocycles. The van der Waals surface area contributed by atoms with Gasteiger partial charge in [0.15, 0.2) is 0 Å². The highest BCUT2D eigenvalue weighted by Crippen LogP contribution is 2.16. The van der Waals surface area contributed by atoms with E-state index in [0.717, 1.165) is 0 Å². The minimum Gasteiger partial charge on any atom is -0.272 e. The van der Waals surface area contributed by atoms with E-state index >= 15 is 0 Å². The molecule has 3 nitrogen and oxygen atoms in total. The maximum Gasteiger partial charge on any atom is 0.256 e. The van der Waals surface area contributed by atoms with Crippen LogP contribution in [0.5, 0.6) is 0 Å². The lowest BCUT2D eigenvalue weighted by atomic mass is 10.2. The Balaban J connectivity index is 2.78. The molecule has 1 aliphatic heterocycles. The second-order valence-corrected chi connectivity index (χ2v) is 3.21. The van der Waals surface area contributed by atoms with Crippen LogP contribution in [-0.4, -0.2) is 22.8 Å². The number of hydrogen-bond donors (Lipinski definition) is 0. The molecule has 0 aromatic rings. The smallest absolute Gasteiger partial charge is 0.256 e. The molecular weight excluding hydrogens is 166 g/mol. The van der Waals surface area contributed by atoms with Gasteiger partial charge in [0.1, 0.15) is 0 Å². The lowest BCUT2D eigenvalue weighted by Crippen LogP contribution is -2.38. The second kappa shape index (κ2) is 3.56. The topological polar surface area (TPSA) is 37.4 Å². The fourth-order valence-corrected chi connectivity index (χ4v) is 1.37. The van der Waals surface area contributed by atoms with Crippen molar-refractivity contribution in [2.45, 2.75) is 26.3 Å². The van der Waals surface area contributed by atoms with Crippen LogP contribution in [0.1, 0.15) is 20.3 Å². The molecule has 1 unspecified atom stereocenters. The van der Waals surface area contributed by atoms with Crippen molar-refractivity contribution in [1.29, 1.82) is 0 Å². The molecule has 2 amide bonds. The molecule has 13 heavy (non-hydrogen) atoms. The van der Waals surface area contributed by atoms with Gasteiger partial charge in [-0.15, -0.1) is 6.58 Å². The first-order valence-corrected chi connectivity index (χ1v) is 4.24. The van der Waals surface area contributed by atoms with E-state index in [2.05, 4.69) is 6.58 Å². The van der Waals surface area contributed by atoms with Crippen molar-refractivity contribution < 1.29 is 9.59 Å². The van der Waals surface area contributed by atoms with Gasteiger partial charge in [0.25, 0.3) is 11.8 Å². The highest BCUT2D eigenvalue weighted by molar-refractivity contribution is 6.16. The van der Waals surface area contributed by atoms with E-state index in [9.17, 15) is 9.59 Å². The Labute approximate surface area is 77.7 Å². The molecule has 0 fully saturated rings. The Morgan fingerprint density at radius 2 is 2.23 bits per heavy atom. The SMILES string of the molecule is C=CCC(C)N1C(=O)C=C(C)C1=O. The van der Waals surface area contributed by atoms with Gasteiger partial charge in [0.05, 0.1) is 0 Å². The number of amides is 2. The molecule has 0 radical (unpaired) electrons. The van der Waals surface area contributed by atoms with Gasteiger partial charge in [-0.25, -0.2) is 0 Å². The van der Waals surface area contributed by atoms with Crippen molar-refractivity contribution in [2.75, 3.05) is 0 Å². The van der Waals surface area contributed by atoms with Gasteiger partial charge in [0.2, 0.25) is 0 Å². The molecule has 1 heterocycles. The summed E-state index contributed by atoms with van der Waals surface area (Å²) in [5.41, 5.74) is 0.515. The molecule has 0 bridgehead atoms. The summed E-state index contributed by atoms with van der Waals surface area (Å²) in [5.74, 6) is -0.392. The van der Waals surface area contributed by atoms with Gasteiger partial charge < -0.3 is 0 Å². The number of rotatable bonds is 3. The molecule has 0 saturated carbocycles. The van der Waals surface area contributed by atoms with Gasteiger partial charge in [0, 0.05) is 17.7 Å². The predicted molar refractivity (Wildman–Crippen MR) is 49.9 cm³/mol. The van der Waals surface area contributed by atoms with E-state index in [1.54, 1.807) is 13.0 Å². The number of carbonyl (C=O) groups is 2. The van der Waals surface area contributed by atoms with Crippen molar-refractivity contribution in [1.82, 2.24) is 4.90 Å². The second-order valence-electron chi connectivity index (χ2n) is 3.21. The van der Waals surface area contributed by atoms with Crippen LogP contribution in [-0.2, 0) is 9.59 Å². The Morgan fingerprint density at radius 3 is 2.62 bits per heavy atom. The van der Waals surface area contributed by atoms with E-state index in [1.807, 2.05) is 6.92 Å². The van der Waals surface area contributed by atoms with Crippen molar-refractivity contribution in [3.8, 4) is 0 Å². The first-order valence-electron chi connectivity index (χ1n) is 4.24. The lowest BCUT2D eigenvalue weighted by molar-refractivity contribution is -0.139. The first-order chi connectivity index (χ1) is 6.07. The lowest BCUT2D eigenvalue weighted by Gasteiger charge is -2.21. The zero-order valence-electron chi connectivity index (χ0n) is 7.91. The van der Waals surface area contributed by atoms with Crippen LogP contribution in [0.2, 0.25) is 0 Å². The van der Waals surface area contributed by atoms with Crippen LogP contribution in [0.4, 0.5) is 0 Å². The zero-order valence-corrected chi connectivity index (χ0v) is 7.91. The Morgan fingerprint density at radius 1 is 1.62 bits per heavy atom. The molecule has 0 aliphatic carbocycles. The van der Waals surface area contributed by atoms with Crippen LogP contribution in [0, 0.1) is 0 Å². The number of hydrogen-bond acceptors (Lipinski definition) is 2. The van der Waals surface area contributed by atoms with E-state index in [4.69, 9.17) is 0 Å². The van der Waals surface area contributed by atoms with Crippen LogP contribution in [0.3, 0.4) is 0 Å². The molecule has 1 atom stereocenters. The molecule has 3 heteroatoms. The number of imide groups is 1. The fourth-order valence-electron chi connectivity index (χ4n) is 1.37. The summed E-state index contributed by atoms with van der Waals surface area (Å²) in [7, 11) is 0. The summed E-state index contributed by atoms with van der Waals surface area (Å²) >= 11 is 0. The minimum atomic E-state index is -0.211. The fraction of sp³-hybridized carbons (Fsp3) is 0.400. The van der Waals surface area contributed by atoms with Gasteiger partial charge in [-0.1, -0.05) is 6.08 Å². The highest BCUT2D eigenvalue weighted by atomic mass is 16.2. The maximum absolute atomic E-state index is 11.4. The van der Waals surface area contributed by atoms with E-state index in [1.165, 1.54) is 11.0 Å². The van der Waals surface area contributed by atoms with Gasteiger partial charge >= 0.3 is 0 Å². The molecular formula is C10H13NO2. The average Bonchev–Trinajstić information content (AvgIpc) is 2.27.